The maximum absolute atomic E-state index is 13.3. The van der Waals surface area contributed by atoms with Gasteiger partial charge in [-0.15, -0.1) is 0 Å². The molecule has 1 aliphatic rings. The molecule has 25 heavy (non-hydrogen) atoms. The third-order valence-electron chi connectivity index (χ3n) is 4.53. The second kappa shape index (κ2) is 6.48. The van der Waals surface area contributed by atoms with Crippen LogP contribution in [0.5, 0.6) is 6.01 Å². The summed E-state index contributed by atoms with van der Waals surface area (Å²) in [5.74, 6) is 0.613. The molecule has 6 nitrogen and oxygen atoms in total. The number of anilines is 1. The molecule has 3 aromatic rings. The van der Waals surface area contributed by atoms with E-state index in [-0.39, 0.29) is 11.7 Å². The SMILES string of the molecule is COc1ncc(Cl)c(N2CCC(c3noc4cc(F)ccc34)CC2)n1. The lowest BCUT2D eigenvalue weighted by Crippen LogP contribution is -2.34. The van der Waals surface area contributed by atoms with E-state index in [0.717, 1.165) is 37.0 Å². The van der Waals surface area contributed by atoms with Crippen LogP contribution in [0.15, 0.2) is 28.9 Å². The third kappa shape index (κ3) is 3.00. The van der Waals surface area contributed by atoms with Crippen LogP contribution >= 0.6 is 11.6 Å². The van der Waals surface area contributed by atoms with Gasteiger partial charge in [0.1, 0.15) is 10.8 Å². The largest absolute Gasteiger partial charge is 0.467 e. The number of benzene rings is 1. The van der Waals surface area contributed by atoms with Crippen molar-refractivity contribution in [1.29, 1.82) is 0 Å². The van der Waals surface area contributed by atoms with Gasteiger partial charge in [0.05, 0.1) is 19.0 Å². The molecule has 1 fully saturated rings. The molecule has 1 saturated heterocycles. The number of rotatable bonds is 3. The van der Waals surface area contributed by atoms with Gasteiger partial charge < -0.3 is 14.2 Å². The summed E-state index contributed by atoms with van der Waals surface area (Å²) in [5, 5.41) is 5.55. The molecule has 8 heteroatoms. The topological polar surface area (TPSA) is 64.3 Å². The van der Waals surface area contributed by atoms with Crippen molar-refractivity contribution in [1.82, 2.24) is 15.1 Å². The zero-order valence-electron chi connectivity index (χ0n) is 13.6. The highest BCUT2D eigenvalue weighted by Crippen LogP contribution is 2.35. The fraction of sp³-hybridized carbons (Fsp3) is 0.353. The highest BCUT2D eigenvalue weighted by Gasteiger charge is 2.27. The lowest BCUT2D eigenvalue weighted by atomic mass is 9.91. The molecule has 0 amide bonds. The van der Waals surface area contributed by atoms with E-state index in [1.807, 2.05) is 0 Å². The summed E-state index contributed by atoms with van der Waals surface area (Å²) in [5.41, 5.74) is 1.38. The normalized spacial score (nSPS) is 15.7. The first-order chi connectivity index (χ1) is 12.2. The Morgan fingerprint density at radius 1 is 1.32 bits per heavy atom. The van der Waals surface area contributed by atoms with Crippen molar-refractivity contribution in [2.24, 2.45) is 0 Å². The van der Waals surface area contributed by atoms with Gasteiger partial charge in [0.2, 0.25) is 0 Å². The number of halogens is 2. The van der Waals surface area contributed by atoms with Gasteiger partial charge in [-0.05, 0) is 25.0 Å². The lowest BCUT2D eigenvalue weighted by Gasteiger charge is -2.32. The number of fused-ring (bicyclic) bond motifs is 1. The van der Waals surface area contributed by atoms with Gasteiger partial charge in [-0.1, -0.05) is 16.8 Å². The number of methoxy groups -OCH3 is 1. The Kier molecular flexibility index (Phi) is 4.17. The minimum atomic E-state index is -0.322. The molecule has 1 aromatic carbocycles. The van der Waals surface area contributed by atoms with Gasteiger partial charge in [0, 0.05) is 30.5 Å². The van der Waals surface area contributed by atoms with Gasteiger partial charge in [-0.2, -0.15) is 4.98 Å². The van der Waals surface area contributed by atoms with Crippen LogP contribution in [0.2, 0.25) is 5.02 Å². The van der Waals surface area contributed by atoms with Crippen molar-refractivity contribution >= 4 is 28.4 Å². The summed E-state index contributed by atoms with van der Waals surface area (Å²) in [6.07, 6.45) is 3.30. The van der Waals surface area contributed by atoms with Crippen molar-refractivity contribution in [3.8, 4) is 6.01 Å². The van der Waals surface area contributed by atoms with E-state index in [1.54, 1.807) is 12.3 Å². The van der Waals surface area contributed by atoms with Gasteiger partial charge in [-0.25, -0.2) is 9.37 Å². The van der Waals surface area contributed by atoms with E-state index in [4.69, 9.17) is 20.9 Å². The summed E-state index contributed by atoms with van der Waals surface area (Å²) >= 11 is 6.23. The summed E-state index contributed by atoms with van der Waals surface area (Å²) < 4.78 is 23.7. The van der Waals surface area contributed by atoms with Crippen molar-refractivity contribution in [2.75, 3.05) is 25.1 Å². The highest BCUT2D eigenvalue weighted by atomic mass is 35.5. The number of nitrogens with zero attached hydrogens (tertiary/aromatic N) is 4. The smallest absolute Gasteiger partial charge is 0.318 e. The second-order valence-electron chi connectivity index (χ2n) is 6.00. The van der Waals surface area contributed by atoms with Crippen molar-refractivity contribution < 1.29 is 13.7 Å². The van der Waals surface area contributed by atoms with Gasteiger partial charge in [0.15, 0.2) is 11.4 Å². The van der Waals surface area contributed by atoms with E-state index in [0.29, 0.717) is 22.4 Å². The Hall–Kier alpha value is -2.41. The number of piperidine rings is 1. The molecule has 4 rings (SSSR count). The zero-order chi connectivity index (χ0) is 17.4. The van der Waals surface area contributed by atoms with Crippen molar-refractivity contribution in [2.45, 2.75) is 18.8 Å². The average Bonchev–Trinajstić information content (AvgIpc) is 3.05. The first-order valence-corrected chi connectivity index (χ1v) is 8.40. The molecule has 0 spiro atoms. The molecular formula is C17H16ClFN4O2. The number of aromatic nitrogens is 3. The molecule has 0 aliphatic carbocycles. The molecule has 0 unspecified atom stereocenters. The maximum Gasteiger partial charge on any atom is 0.318 e. The van der Waals surface area contributed by atoms with E-state index in [2.05, 4.69) is 20.0 Å². The Labute approximate surface area is 148 Å². The minimum Gasteiger partial charge on any atom is -0.467 e. The van der Waals surface area contributed by atoms with Crippen molar-refractivity contribution in [3.05, 3.63) is 40.9 Å². The van der Waals surface area contributed by atoms with Gasteiger partial charge >= 0.3 is 6.01 Å². The lowest BCUT2D eigenvalue weighted by molar-refractivity contribution is 0.378. The molecule has 0 N–H and O–H groups in total. The maximum atomic E-state index is 13.3. The van der Waals surface area contributed by atoms with Gasteiger partial charge in [0.25, 0.3) is 0 Å². The summed E-state index contributed by atoms with van der Waals surface area (Å²) in [6.45, 7) is 1.56. The van der Waals surface area contributed by atoms with E-state index < -0.39 is 0 Å². The first-order valence-electron chi connectivity index (χ1n) is 8.02. The predicted octanol–water partition coefficient (Wildman–Crippen LogP) is 3.80. The standard InChI is InChI=1S/C17H16ClFN4O2/c1-24-17-20-9-13(18)16(21-17)23-6-4-10(5-7-23)15-12-3-2-11(19)8-14(12)25-22-15/h2-3,8-10H,4-7H2,1H3. The molecule has 0 atom stereocenters. The van der Waals surface area contributed by atoms with E-state index in [9.17, 15) is 4.39 Å². The zero-order valence-corrected chi connectivity index (χ0v) is 14.3. The van der Waals surface area contributed by atoms with Crippen LogP contribution in [0.4, 0.5) is 10.2 Å². The minimum absolute atomic E-state index is 0.255. The van der Waals surface area contributed by atoms with Crippen LogP contribution in [0, 0.1) is 5.82 Å². The molecule has 1 aliphatic heterocycles. The van der Waals surface area contributed by atoms with E-state index >= 15 is 0 Å². The Bertz CT molecular complexity index is 909. The van der Waals surface area contributed by atoms with Crippen LogP contribution in [-0.2, 0) is 0 Å². The fourth-order valence-electron chi connectivity index (χ4n) is 3.25. The molecule has 3 heterocycles. The molecule has 0 saturated carbocycles. The van der Waals surface area contributed by atoms with Crippen molar-refractivity contribution in [3.63, 3.8) is 0 Å². The number of hydrogen-bond donors (Lipinski definition) is 0. The monoisotopic (exact) mass is 362 g/mol. The summed E-state index contributed by atoms with van der Waals surface area (Å²) in [4.78, 5) is 10.5. The number of hydrogen-bond acceptors (Lipinski definition) is 6. The summed E-state index contributed by atoms with van der Waals surface area (Å²) in [6, 6.07) is 4.83. The fourth-order valence-corrected chi connectivity index (χ4v) is 3.46. The summed E-state index contributed by atoms with van der Waals surface area (Å²) in [7, 11) is 1.53. The van der Waals surface area contributed by atoms with Crippen LogP contribution in [0.1, 0.15) is 24.5 Å². The molecule has 0 bridgehead atoms. The quantitative estimate of drug-likeness (QED) is 0.706. The van der Waals surface area contributed by atoms with E-state index in [1.165, 1.54) is 19.2 Å². The molecular weight excluding hydrogens is 347 g/mol. The first kappa shape index (κ1) is 16.1. The molecule has 130 valence electrons. The molecule has 2 aromatic heterocycles. The predicted molar refractivity (Wildman–Crippen MR) is 91.7 cm³/mol. The highest BCUT2D eigenvalue weighted by molar-refractivity contribution is 6.32. The molecule has 0 radical (unpaired) electrons. The second-order valence-corrected chi connectivity index (χ2v) is 6.41. The van der Waals surface area contributed by atoms with Crippen LogP contribution < -0.4 is 9.64 Å². The average molecular weight is 363 g/mol. The Balaban J connectivity index is 1.53. The number of ether oxygens (including phenoxy) is 1. The van der Waals surface area contributed by atoms with Crippen LogP contribution in [0.25, 0.3) is 11.0 Å². The third-order valence-corrected chi connectivity index (χ3v) is 4.80. The Morgan fingerprint density at radius 3 is 2.88 bits per heavy atom. The Morgan fingerprint density at radius 2 is 2.12 bits per heavy atom. The van der Waals surface area contributed by atoms with Crippen LogP contribution in [-0.4, -0.2) is 35.3 Å². The van der Waals surface area contributed by atoms with Gasteiger partial charge in [-0.3, -0.25) is 0 Å². The van der Waals surface area contributed by atoms with Crippen LogP contribution in [0.3, 0.4) is 0 Å².